The number of hydrogen-bond acceptors (Lipinski definition) is 2. The van der Waals surface area contributed by atoms with Gasteiger partial charge in [0.05, 0.1) is 56.8 Å². The summed E-state index contributed by atoms with van der Waals surface area (Å²) in [5.74, 6) is 1.14. The Morgan fingerprint density at radius 2 is 1.05 bits per heavy atom. The van der Waals surface area contributed by atoms with E-state index in [9.17, 15) is 14.7 Å². The van der Waals surface area contributed by atoms with Crippen molar-refractivity contribution in [1.82, 2.24) is 0 Å². The van der Waals surface area contributed by atoms with Crippen molar-refractivity contribution in [3.63, 3.8) is 0 Å². The summed E-state index contributed by atoms with van der Waals surface area (Å²) in [7, 11) is 5.01. The molecule has 6 nitrogen and oxygen atoms in total. The van der Waals surface area contributed by atoms with Gasteiger partial charge >= 0.3 is 11.9 Å². The second-order valence-electron chi connectivity index (χ2n) is 15.4. The van der Waals surface area contributed by atoms with Crippen LogP contribution in [0, 0.1) is 29.1 Å². The van der Waals surface area contributed by atoms with Crippen molar-refractivity contribution in [2.24, 2.45) is 29.1 Å². The number of piperidine rings is 2. The predicted octanol–water partition coefficient (Wildman–Crippen LogP) is -0.304. The van der Waals surface area contributed by atoms with Gasteiger partial charge in [0, 0.05) is 69.6 Å². The molecule has 0 aromatic heterocycles. The summed E-state index contributed by atoms with van der Waals surface area (Å²) in [6.45, 7) is 2.64. The van der Waals surface area contributed by atoms with Gasteiger partial charge in [-0.3, -0.25) is 9.59 Å². The van der Waals surface area contributed by atoms with Crippen LogP contribution in [0.3, 0.4) is 0 Å². The van der Waals surface area contributed by atoms with Crippen LogP contribution in [-0.4, -0.2) is 82.5 Å². The molecule has 6 rings (SSSR count). The third-order valence-electron chi connectivity index (χ3n) is 13.3. The van der Waals surface area contributed by atoms with Crippen molar-refractivity contribution in [3.05, 3.63) is 0 Å². The van der Waals surface area contributed by atoms with E-state index in [0.29, 0.717) is 30.6 Å². The summed E-state index contributed by atoms with van der Waals surface area (Å²) in [5.41, 5.74) is -0.624. The van der Waals surface area contributed by atoms with Gasteiger partial charge in [0.15, 0.2) is 0 Å². The fourth-order valence-electron chi connectivity index (χ4n) is 10.7. The Hall–Kier alpha value is -0.180. The number of rotatable bonds is 13. The topological polar surface area (TPSA) is 74.6 Å². The van der Waals surface area contributed by atoms with Gasteiger partial charge in [-0.1, -0.05) is 12.8 Å². The molecule has 4 saturated heterocycles. The quantitative estimate of drug-likeness (QED) is 0.206. The van der Waals surface area contributed by atoms with Crippen LogP contribution < -0.4 is 34.0 Å². The minimum atomic E-state index is -0.734. The lowest BCUT2D eigenvalue weighted by Crippen LogP contribution is -3.00. The molecule has 4 bridgehead atoms. The molecule has 230 valence electrons. The molecular formula is C32H54Br2N2O4. The molecule has 4 heterocycles. The number of nitrogens with zero attached hydrogens (tertiary/aromatic N) is 2. The Kier molecular flexibility index (Phi) is 10.2. The summed E-state index contributed by atoms with van der Waals surface area (Å²) in [5, 5.41) is 20.4. The highest BCUT2D eigenvalue weighted by atomic mass is 79.9. The maximum Gasteiger partial charge on any atom is 0.310 e. The monoisotopic (exact) mass is 688 g/mol. The summed E-state index contributed by atoms with van der Waals surface area (Å²) in [4.78, 5) is 24.8. The number of unbranched alkanes of at least 4 members (excludes halogenated alkanes) is 2. The maximum absolute atomic E-state index is 13.7. The first-order chi connectivity index (χ1) is 18.1. The van der Waals surface area contributed by atoms with E-state index in [2.05, 4.69) is 14.1 Å². The van der Waals surface area contributed by atoms with Gasteiger partial charge in [-0.25, -0.2) is 0 Å². The number of carboxylic acid groups (broad SMARTS) is 2. The maximum atomic E-state index is 13.7. The summed E-state index contributed by atoms with van der Waals surface area (Å²) in [6.07, 6.45) is 18.4. The second-order valence-corrected chi connectivity index (χ2v) is 15.4. The molecule has 6 fully saturated rings. The smallest absolute Gasteiger partial charge is 0.310 e. The third-order valence-corrected chi connectivity index (χ3v) is 13.3. The lowest BCUT2D eigenvalue weighted by Gasteiger charge is -2.56. The number of carbonyl (C=O) groups is 2. The number of halogens is 2. The Morgan fingerprint density at radius 1 is 0.650 bits per heavy atom. The lowest BCUT2D eigenvalue weighted by atomic mass is 9.56. The number of carboxylic acids is 2. The summed E-state index contributed by atoms with van der Waals surface area (Å²) >= 11 is 0. The molecule has 0 amide bonds. The van der Waals surface area contributed by atoms with Crippen molar-refractivity contribution in [2.75, 3.05) is 27.2 Å². The van der Waals surface area contributed by atoms with Crippen molar-refractivity contribution in [1.29, 1.82) is 0 Å². The Morgan fingerprint density at radius 3 is 1.38 bits per heavy atom. The second kappa shape index (κ2) is 12.4. The molecule has 4 aliphatic heterocycles. The molecule has 4 atom stereocenters. The third kappa shape index (κ3) is 5.95. The standard InChI is InChI=1S/C32H52N2O4.2BrH/c1-33(20-22-7-8-22)26-11-12-27(33)17-24(16-26)32(31(37)38,15-5-3-4-6-30(35)36)25-18-28-13-14-29(19-25)34(28,2)21-23-9-10-23;;/h22-29H,3-21H2,1-2H3;2*1H. The van der Waals surface area contributed by atoms with E-state index in [1.54, 1.807) is 0 Å². The van der Waals surface area contributed by atoms with Crippen molar-refractivity contribution >= 4 is 11.9 Å². The SMILES string of the molecule is C[N+]1(CC2CC2)C2CCC1CC(C(CCCCCC(=O)O)(C(=O)O)C1CC3CCC(C1)[N+]3(C)CC1CC1)C2.[Br-].[Br-]. The first kappa shape index (κ1) is 32.7. The molecule has 40 heavy (non-hydrogen) atoms. The largest absolute Gasteiger partial charge is 1.00 e. The van der Waals surface area contributed by atoms with Crippen molar-refractivity contribution < 1.29 is 62.7 Å². The number of quaternary nitrogens is 2. The molecule has 6 aliphatic rings. The van der Waals surface area contributed by atoms with Crippen molar-refractivity contribution in [3.8, 4) is 0 Å². The Bertz CT molecular complexity index is 843. The minimum absolute atomic E-state index is 0. The van der Waals surface area contributed by atoms with Crippen LogP contribution in [0.2, 0.25) is 0 Å². The lowest BCUT2D eigenvalue weighted by molar-refractivity contribution is -0.952. The molecule has 0 spiro atoms. The summed E-state index contributed by atoms with van der Waals surface area (Å²) in [6, 6.07) is 2.56. The van der Waals surface area contributed by atoms with Gasteiger partial charge in [-0.15, -0.1) is 0 Å². The van der Waals surface area contributed by atoms with Crippen LogP contribution in [0.4, 0.5) is 0 Å². The number of fused-ring (bicyclic) bond motifs is 4. The Labute approximate surface area is 263 Å². The zero-order chi connectivity index (χ0) is 26.7. The molecule has 2 aliphatic carbocycles. The average molecular weight is 691 g/mol. The zero-order valence-electron chi connectivity index (χ0n) is 24.9. The van der Waals surface area contributed by atoms with Crippen LogP contribution in [-0.2, 0) is 9.59 Å². The highest BCUT2D eigenvalue weighted by Gasteiger charge is 2.64. The van der Waals surface area contributed by atoms with E-state index in [4.69, 9.17) is 5.11 Å². The molecular weight excluding hydrogens is 636 g/mol. The average Bonchev–Trinajstić information content (AvgIpc) is 3.76. The van der Waals surface area contributed by atoms with Gasteiger partial charge in [0.25, 0.3) is 0 Å². The van der Waals surface area contributed by atoms with E-state index in [1.165, 1.54) is 73.4 Å². The van der Waals surface area contributed by atoms with E-state index in [1.807, 2.05) is 0 Å². The minimum Gasteiger partial charge on any atom is -1.00 e. The van der Waals surface area contributed by atoms with Gasteiger partial charge in [-0.05, 0) is 50.4 Å². The first-order valence-electron chi connectivity index (χ1n) is 16.3. The van der Waals surface area contributed by atoms with Crippen LogP contribution in [0.1, 0.15) is 109 Å². The van der Waals surface area contributed by atoms with E-state index in [0.717, 1.165) is 56.8 Å². The van der Waals surface area contributed by atoms with Gasteiger partial charge in [0.1, 0.15) is 0 Å². The van der Waals surface area contributed by atoms with Crippen LogP contribution in [0.15, 0.2) is 0 Å². The van der Waals surface area contributed by atoms with Crippen LogP contribution in [0.5, 0.6) is 0 Å². The van der Waals surface area contributed by atoms with Gasteiger partial charge < -0.3 is 53.1 Å². The molecule has 2 N–H and O–H groups in total. The van der Waals surface area contributed by atoms with E-state index in [-0.39, 0.29) is 52.2 Å². The predicted molar refractivity (Wildman–Crippen MR) is 147 cm³/mol. The normalized spacial score (nSPS) is 41.5. The first-order valence-corrected chi connectivity index (χ1v) is 16.3. The molecule has 0 radical (unpaired) electrons. The highest BCUT2D eigenvalue weighted by molar-refractivity contribution is 5.75. The van der Waals surface area contributed by atoms with Crippen molar-refractivity contribution in [2.45, 2.75) is 133 Å². The van der Waals surface area contributed by atoms with E-state index < -0.39 is 17.4 Å². The van der Waals surface area contributed by atoms with Crippen LogP contribution >= 0.6 is 0 Å². The van der Waals surface area contributed by atoms with Gasteiger partial charge in [-0.2, -0.15) is 0 Å². The highest BCUT2D eigenvalue weighted by Crippen LogP contribution is 2.59. The van der Waals surface area contributed by atoms with Gasteiger partial charge in [0.2, 0.25) is 0 Å². The van der Waals surface area contributed by atoms with Crippen LogP contribution in [0.25, 0.3) is 0 Å². The number of aliphatic carboxylic acids is 2. The molecule has 4 unspecified atom stereocenters. The Balaban J connectivity index is 0.00000185. The summed E-state index contributed by atoms with van der Waals surface area (Å²) < 4.78 is 2.45. The van der Waals surface area contributed by atoms with E-state index >= 15 is 0 Å². The zero-order valence-corrected chi connectivity index (χ0v) is 28.1. The fourth-order valence-corrected chi connectivity index (χ4v) is 10.7. The molecule has 0 aromatic rings. The molecule has 0 aromatic carbocycles. The fraction of sp³-hybridized carbons (Fsp3) is 0.938. The molecule has 8 heteroatoms. The molecule has 2 saturated carbocycles. The number of hydrogen-bond donors (Lipinski definition) is 2.